The number of nitrogens with zero attached hydrogens (tertiary/aromatic N) is 2. The minimum atomic E-state index is -0.574. The van der Waals surface area contributed by atoms with E-state index in [1.165, 1.54) is 27.5 Å². The first-order chi connectivity index (χ1) is 7.24. The molecule has 0 radical (unpaired) electrons. The molecular formula is C9H15N3O3. The number of hydrogen-bond donors (Lipinski definition) is 1. The first-order valence-corrected chi connectivity index (χ1v) is 4.40. The second kappa shape index (κ2) is 5.59. The predicted octanol–water partition coefficient (Wildman–Crippen LogP) is 0.104. The van der Waals surface area contributed by atoms with E-state index in [4.69, 9.17) is 19.9 Å². The van der Waals surface area contributed by atoms with Crippen LogP contribution < -0.4 is 10.5 Å². The van der Waals surface area contributed by atoms with Crippen LogP contribution >= 0.6 is 0 Å². The number of methoxy groups -OCH3 is 3. The quantitative estimate of drug-likeness (QED) is 0.699. The molecule has 0 bridgehead atoms. The Bertz CT molecular complexity index is 304. The van der Waals surface area contributed by atoms with Crippen LogP contribution in [0.1, 0.15) is 11.7 Å². The summed E-state index contributed by atoms with van der Waals surface area (Å²) in [6, 6.07) is -0.538. The van der Waals surface area contributed by atoms with Crippen LogP contribution in [0.25, 0.3) is 0 Å². The molecule has 0 aromatic carbocycles. The summed E-state index contributed by atoms with van der Waals surface area (Å²) in [7, 11) is 4.53. The molecule has 1 heterocycles. The van der Waals surface area contributed by atoms with Gasteiger partial charge in [0.2, 0.25) is 5.88 Å². The highest BCUT2D eigenvalue weighted by Gasteiger charge is 2.23. The van der Waals surface area contributed by atoms with Crippen molar-refractivity contribution in [1.29, 1.82) is 0 Å². The molecule has 2 N–H and O–H groups in total. The van der Waals surface area contributed by atoms with Crippen molar-refractivity contribution < 1.29 is 14.2 Å². The third-order valence-corrected chi connectivity index (χ3v) is 1.96. The summed E-state index contributed by atoms with van der Waals surface area (Å²) < 4.78 is 15.1. The van der Waals surface area contributed by atoms with Crippen molar-refractivity contribution in [2.75, 3.05) is 21.3 Å². The van der Waals surface area contributed by atoms with Gasteiger partial charge >= 0.3 is 0 Å². The second-order valence-corrected chi connectivity index (χ2v) is 2.82. The zero-order valence-corrected chi connectivity index (χ0v) is 9.01. The minimum absolute atomic E-state index is 0.379. The maximum absolute atomic E-state index is 5.90. The molecule has 15 heavy (non-hydrogen) atoms. The molecule has 1 rings (SSSR count). The number of nitrogens with two attached hydrogens (primary N) is 1. The van der Waals surface area contributed by atoms with Crippen LogP contribution in [0.5, 0.6) is 5.88 Å². The highest BCUT2D eigenvalue weighted by Crippen LogP contribution is 2.21. The third kappa shape index (κ3) is 2.62. The Kier molecular flexibility index (Phi) is 4.41. The fourth-order valence-electron chi connectivity index (χ4n) is 1.24. The molecule has 84 valence electrons. The molecule has 0 aliphatic carbocycles. The molecule has 1 unspecified atom stereocenters. The van der Waals surface area contributed by atoms with Crippen LogP contribution in [-0.4, -0.2) is 37.6 Å². The smallest absolute Gasteiger partial charge is 0.237 e. The molecule has 6 heteroatoms. The number of hydrogen-bond acceptors (Lipinski definition) is 6. The van der Waals surface area contributed by atoms with Gasteiger partial charge in [-0.1, -0.05) is 0 Å². The van der Waals surface area contributed by atoms with Gasteiger partial charge in [0, 0.05) is 26.6 Å². The number of rotatable bonds is 5. The summed E-state index contributed by atoms with van der Waals surface area (Å²) in [5.41, 5.74) is 6.41. The molecule has 0 saturated carbocycles. The van der Waals surface area contributed by atoms with Gasteiger partial charge in [0.1, 0.15) is 11.7 Å². The van der Waals surface area contributed by atoms with Gasteiger partial charge in [-0.25, -0.2) is 4.98 Å². The maximum Gasteiger partial charge on any atom is 0.237 e. The summed E-state index contributed by atoms with van der Waals surface area (Å²) in [6.45, 7) is 0. The Morgan fingerprint density at radius 1 is 1.13 bits per heavy atom. The fraction of sp³-hybridized carbons (Fsp3) is 0.556. The highest BCUT2D eigenvalue weighted by atomic mass is 16.7. The Morgan fingerprint density at radius 2 is 1.73 bits per heavy atom. The standard InChI is InChI=1S/C9H15N3O3/c1-13-8-7(11-4-5-12-8)6(10)9(14-2)15-3/h4-6,9H,10H2,1-3H3. The van der Waals surface area contributed by atoms with Crippen molar-refractivity contribution in [1.82, 2.24) is 9.97 Å². The summed E-state index contributed by atoms with van der Waals surface area (Å²) in [4.78, 5) is 8.09. The van der Waals surface area contributed by atoms with Gasteiger partial charge in [-0.2, -0.15) is 0 Å². The summed E-state index contributed by atoms with van der Waals surface area (Å²) in [5, 5.41) is 0. The van der Waals surface area contributed by atoms with E-state index in [2.05, 4.69) is 9.97 Å². The molecule has 1 aromatic heterocycles. The minimum Gasteiger partial charge on any atom is -0.480 e. The van der Waals surface area contributed by atoms with E-state index in [0.29, 0.717) is 11.6 Å². The van der Waals surface area contributed by atoms with E-state index >= 15 is 0 Å². The SMILES string of the molecule is COc1nccnc1C(N)C(OC)OC. The molecule has 0 aliphatic heterocycles. The highest BCUT2D eigenvalue weighted by molar-refractivity contribution is 5.21. The van der Waals surface area contributed by atoms with Crippen molar-refractivity contribution >= 4 is 0 Å². The Balaban J connectivity index is 2.93. The number of ether oxygens (including phenoxy) is 3. The molecule has 0 amide bonds. The van der Waals surface area contributed by atoms with Gasteiger partial charge in [0.25, 0.3) is 0 Å². The van der Waals surface area contributed by atoms with Gasteiger partial charge in [-0.15, -0.1) is 0 Å². The van der Waals surface area contributed by atoms with Crippen LogP contribution in [0.4, 0.5) is 0 Å². The normalized spacial score (nSPS) is 12.9. The van der Waals surface area contributed by atoms with Crippen LogP contribution in [0.15, 0.2) is 12.4 Å². The van der Waals surface area contributed by atoms with Gasteiger partial charge in [0.15, 0.2) is 6.29 Å². The van der Waals surface area contributed by atoms with Crippen molar-refractivity contribution in [3.05, 3.63) is 18.1 Å². The Morgan fingerprint density at radius 3 is 2.27 bits per heavy atom. The van der Waals surface area contributed by atoms with E-state index in [1.807, 2.05) is 0 Å². The largest absolute Gasteiger partial charge is 0.480 e. The lowest BCUT2D eigenvalue weighted by Gasteiger charge is -2.21. The molecule has 1 atom stereocenters. The Hall–Kier alpha value is -1.24. The molecule has 0 aliphatic rings. The first kappa shape index (κ1) is 11.8. The van der Waals surface area contributed by atoms with Gasteiger partial charge in [-0.05, 0) is 0 Å². The summed E-state index contributed by atoms with van der Waals surface area (Å²) >= 11 is 0. The van der Waals surface area contributed by atoms with Crippen LogP contribution in [0, 0.1) is 0 Å². The fourth-order valence-corrected chi connectivity index (χ4v) is 1.24. The van der Waals surface area contributed by atoms with E-state index < -0.39 is 12.3 Å². The first-order valence-electron chi connectivity index (χ1n) is 4.40. The molecule has 1 aromatic rings. The lowest BCUT2D eigenvalue weighted by molar-refractivity contribution is -0.118. The lowest BCUT2D eigenvalue weighted by Crippen LogP contribution is -2.30. The number of aromatic nitrogens is 2. The monoisotopic (exact) mass is 213 g/mol. The molecule has 0 fully saturated rings. The van der Waals surface area contributed by atoms with Crippen LogP contribution in [0.2, 0.25) is 0 Å². The summed E-state index contributed by atoms with van der Waals surface area (Å²) in [5.74, 6) is 0.379. The van der Waals surface area contributed by atoms with Crippen molar-refractivity contribution in [3.63, 3.8) is 0 Å². The zero-order chi connectivity index (χ0) is 11.3. The van der Waals surface area contributed by atoms with Crippen LogP contribution in [-0.2, 0) is 9.47 Å². The topological polar surface area (TPSA) is 79.5 Å². The molecular weight excluding hydrogens is 198 g/mol. The van der Waals surface area contributed by atoms with E-state index in [1.54, 1.807) is 6.20 Å². The third-order valence-electron chi connectivity index (χ3n) is 1.96. The van der Waals surface area contributed by atoms with E-state index in [9.17, 15) is 0 Å². The average molecular weight is 213 g/mol. The van der Waals surface area contributed by atoms with Gasteiger partial charge in [0.05, 0.1) is 7.11 Å². The lowest BCUT2D eigenvalue weighted by atomic mass is 10.2. The zero-order valence-electron chi connectivity index (χ0n) is 9.01. The molecule has 0 spiro atoms. The van der Waals surface area contributed by atoms with Gasteiger partial charge < -0.3 is 19.9 Å². The molecule has 0 saturated heterocycles. The van der Waals surface area contributed by atoms with Crippen LogP contribution in [0.3, 0.4) is 0 Å². The second-order valence-electron chi connectivity index (χ2n) is 2.82. The van der Waals surface area contributed by atoms with Crippen molar-refractivity contribution in [3.8, 4) is 5.88 Å². The predicted molar refractivity (Wildman–Crippen MR) is 53.3 cm³/mol. The summed E-state index contributed by atoms with van der Waals surface area (Å²) in [6.07, 6.45) is 2.50. The van der Waals surface area contributed by atoms with Crippen molar-refractivity contribution in [2.24, 2.45) is 5.73 Å². The van der Waals surface area contributed by atoms with Gasteiger partial charge in [-0.3, -0.25) is 4.98 Å². The molecule has 6 nitrogen and oxygen atoms in total. The van der Waals surface area contributed by atoms with Crippen molar-refractivity contribution in [2.45, 2.75) is 12.3 Å². The van der Waals surface area contributed by atoms with E-state index in [-0.39, 0.29) is 0 Å². The average Bonchev–Trinajstić information content (AvgIpc) is 2.30. The maximum atomic E-state index is 5.90. The Labute approximate surface area is 88.4 Å². The van der Waals surface area contributed by atoms with E-state index in [0.717, 1.165) is 0 Å².